The second-order valence-electron chi connectivity index (χ2n) is 4.03. The van der Waals surface area contributed by atoms with Gasteiger partial charge in [-0.25, -0.2) is 4.79 Å². The van der Waals surface area contributed by atoms with Crippen LogP contribution >= 0.6 is 0 Å². The maximum atomic E-state index is 12.0. The number of allylic oxidation sites excluding steroid dienone is 1. The molecule has 0 amide bonds. The van der Waals surface area contributed by atoms with E-state index in [9.17, 15) is 9.59 Å². The van der Waals surface area contributed by atoms with Crippen molar-refractivity contribution in [2.24, 2.45) is 10.2 Å². The molecule has 1 aromatic heterocycles. The highest BCUT2D eigenvalue weighted by Crippen LogP contribution is 2.21. The molecule has 0 saturated carbocycles. The molecule has 22 heavy (non-hydrogen) atoms. The van der Waals surface area contributed by atoms with E-state index in [1.165, 1.54) is 37.6 Å². The zero-order valence-electron chi connectivity index (χ0n) is 11.6. The molecule has 1 N–H and O–H groups in total. The van der Waals surface area contributed by atoms with Gasteiger partial charge in [0.1, 0.15) is 11.9 Å². The zero-order valence-corrected chi connectivity index (χ0v) is 11.6. The zero-order chi connectivity index (χ0) is 15.9. The molecule has 7 heteroatoms. The predicted octanol–water partition coefficient (Wildman–Crippen LogP) is 3.43. The van der Waals surface area contributed by atoms with Crippen LogP contribution in [0, 0.1) is 0 Å². The Bertz CT molecular complexity index is 732. The number of carbonyl (C=O) groups excluding carboxylic acids is 2. The SMILES string of the molecule is COC(=O)c1ccccc1N=N/C(=C/O)C(=O)c1ccco1. The van der Waals surface area contributed by atoms with Crippen LogP contribution in [0.15, 0.2) is 69.3 Å². The van der Waals surface area contributed by atoms with Crippen LogP contribution in [0.2, 0.25) is 0 Å². The molecule has 0 saturated heterocycles. The largest absolute Gasteiger partial charge is 0.513 e. The molecule has 0 fully saturated rings. The van der Waals surface area contributed by atoms with Crippen LogP contribution in [0.25, 0.3) is 0 Å². The summed E-state index contributed by atoms with van der Waals surface area (Å²) in [6.45, 7) is 0. The fourth-order valence-corrected chi connectivity index (χ4v) is 1.61. The van der Waals surface area contributed by atoms with Crippen LogP contribution in [-0.2, 0) is 4.74 Å². The first-order valence-electron chi connectivity index (χ1n) is 6.19. The van der Waals surface area contributed by atoms with Crippen molar-refractivity contribution < 1.29 is 23.8 Å². The Morgan fingerprint density at radius 3 is 2.64 bits per heavy atom. The minimum atomic E-state index is -0.633. The van der Waals surface area contributed by atoms with E-state index in [0.717, 1.165) is 0 Å². The quantitative estimate of drug-likeness (QED) is 0.299. The number of esters is 1. The first-order valence-corrected chi connectivity index (χ1v) is 6.19. The predicted molar refractivity (Wildman–Crippen MR) is 76.0 cm³/mol. The monoisotopic (exact) mass is 300 g/mol. The number of aliphatic hydroxyl groups excluding tert-OH is 1. The number of aliphatic hydroxyl groups is 1. The number of hydrogen-bond acceptors (Lipinski definition) is 7. The van der Waals surface area contributed by atoms with Gasteiger partial charge >= 0.3 is 5.97 Å². The Morgan fingerprint density at radius 2 is 2.00 bits per heavy atom. The number of ether oxygens (including phenoxy) is 1. The van der Waals surface area contributed by atoms with Crippen LogP contribution in [0.1, 0.15) is 20.9 Å². The van der Waals surface area contributed by atoms with Gasteiger partial charge in [-0.15, -0.1) is 10.2 Å². The van der Waals surface area contributed by atoms with Gasteiger partial charge in [0.25, 0.3) is 5.78 Å². The van der Waals surface area contributed by atoms with Crippen LogP contribution in [0.4, 0.5) is 5.69 Å². The molecule has 1 heterocycles. The van der Waals surface area contributed by atoms with Gasteiger partial charge in [-0.1, -0.05) is 12.1 Å². The van der Waals surface area contributed by atoms with Crippen LogP contribution in [0.5, 0.6) is 0 Å². The third kappa shape index (κ3) is 3.26. The number of Topliss-reactive ketones (excluding diaryl/α,β-unsaturated/α-hetero) is 1. The summed E-state index contributed by atoms with van der Waals surface area (Å²) >= 11 is 0. The summed E-state index contributed by atoms with van der Waals surface area (Å²) < 4.78 is 9.56. The van der Waals surface area contributed by atoms with E-state index in [-0.39, 0.29) is 22.7 Å². The lowest BCUT2D eigenvalue weighted by molar-refractivity contribution is 0.0601. The van der Waals surface area contributed by atoms with Gasteiger partial charge in [0, 0.05) is 0 Å². The average Bonchev–Trinajstić information content (AvgIpc) is 3.09. The molecule has 0 radical (unpaired) electrons. The lowest BCUT2D eigenvalue weighted by Gasteiger charge is -2.02. The first kappa shape index (κ1) is 15.2. The lowest BCUT2D eigenvalue weighted by Crippen LogP contribution is -2.01. The van der Waals surface area contributed by atoms with E-state index in [0.29, 0.717) is 6.26 Å². The number of nitrogens with zero attached hydrogens (tertiary/aromatic N) is 2. The first-order chi connectivity index (χ1) is 10.7. The van der Waals surface area contributed by atoms with E-state index in [1.807, 2.05) is 0 Å². The van der Waals surface area contributed by atoms with Crippen molar-refractivity contribution in [3.63, 3.8) is 0 Å². The molecular weight excluding hydrogens is 288 g/mol. The smallest absolute Gasteiger partial charge is 0.340 e. The van der Waals surface area contributed by atoms with E-state index in [1.54, 1.807) is 12.1 Å². The molecule has 0 bridgehead atoms. The summed E-state index contributed by atoms with van der Waals surface area (Å²) in [5.74, 6) is -1.20. The Hall–Kier alpha value is -3.22. The highest BCUT2D eigenvalue weighted by Gasteiger charge is 2.16. The normalized spacial score (nSPS) is 11.6. The van der Waals surface area contributed by atoms with Crippen molar-refractivity contribution in [3.05, 3.63) is 65.9 Å². The van der Waals surface area contributed by atoms with Crippen molar-refractivity contribution in [3.8, 4) is 0 Å². The van der Waals surface area contributed by atoms with E-state index in [4.69, 9.17) is 9.52 Å². The molecule has 2 aromatic rings. The Labute approximate surface area is 125 Å². The Kier molecular flexibility index (Phi) is 4.81. The van der Waals surface area contributed by atoms with Crippen molar-refractivity contribution in [2.75, 3.05) is 7.11 Å². The van der Waals surface area contributed by atoms with Gasteiger partial charge < -0.3 is 14.3 Å². The van der Waals surface area contributed by atoms with Gasteiger partial charge in [-0.2, -0.15) is 0 Å². The van der Waals surface area contributed by atoms with E-state index in [2.05, 4.69) is 15.0 Å². The van der Waals surface area contributed by atoms with E-state index >= 15 is 0 Å². The lowest BCUT2D eigenvalue weighted by atomic mass is 10.2. The Balaban J connectivity index is 2.28. The van der Waals surface area contributed by atoms with Crippen molar-refractivity contribution in [1.29, 1.82) is 0 Å². The summed E-state index contributed by atoms with van der Waals surface area (Å²) in [5.41, 5.74) is 0.0760. The highest BCUT2D eigenvalue weighted by molar-refractivity contribution is 6.06. The number of methoxy groups -OCH3 is 1. The Morgan fingerprint density at radius 1 is 1.23 bits per heavy atom. The molecule has 0 atom stereocenters. The van der Waals surface area contributed by atoms with Crippen molar-refractivity contribution in [2.45, 2.75) is 0 Å². The maximum absolute atomic E-state index is 12.0. The van der Waals surface area contributed by atoms with Gasteiger partial charge in [0.05, 0.1) is 18.9 Å². The molecule has 0 aliphatic heterocycles. The number of hydrogen-bond donors (Lipinski definition) is 1. The molecule has 2 rings (SSSR count). The molecule has 112 valence electrons. The van der Waals surface area contributed by atoms with E-state index < -0.39 is 11.8 Å². The fourth-order valence-electron chi connectivity index (χ4n) is 1.61. The molecular formula is C15H12N2O5. The average molecular weight is 300 g/mol. The van der Waals surface area contributed by atoms with Gasteiger partial charge in [-0.3, -0.25) is 4.79 Å². The number of ketones is 1. The number of benzene rings is 1. The maximum Gasteiger partial charge on any atom is 0.340 e. The van der Waals surface area contributed by atoms with Crippen molar-refractivity contribution >= 4 is 17.4 Å². The van der Waals surface area contributed by atoms with Crippen LogP contribution in [0.3, 0.4) is 0 Å². The fraction of sp³-hybridized carbons (Fsp3) is 0.0667. The molecule has 0 spiro atoms. The summed E-state index contributed by atoms with van der Waals surface area (Å²) in [5, 5.41) is 16.6. The molecule has 1 aromatic carbocycles. The summed E-state index contributed by atoms with van der Waals surface area (Å²) in [4.78, 5) is 23.6. The summed E-state index contributed by atoms with van der Waals surface area (Å²) in [6.07, 6.45) is 1.85. The van der Waals surface area contributed by atoms with Crippen LogP contribution in [-0.4, -0.2) is 24.0 Å². The second-order valence-corrected chi connectivity index (χ2v) is 4.03. The minimum Gasteiger partial charge on any atom is -0.513 e. The van der Waals surface area contributed by atoms with Gasteiger partial charge in [0.15, 0.2) is 11.5 Å². The minimum absolute atomic E-state index is 0.0144. The third-order valence-electron chi connectivity index (χ3n) is 2.67. The number of furan rings is 1. The number of carbonyl (C=O) groups is 2. The number of rotatable bonds is 5. The second kappa shape index (κ2) is 6.98. The van der Waals surface area contributed by atoms with Crippen LogP contribution < -0.4 is 0 Å². The standard InChI is InChI=1S/C15H12N2O5/c1-21-15(20)10-5-2-3-6-11(10)16-17-12(9-18)14(19)13-7-4-8-22-13/h2-9,18H,1H3/b12-9+,17-16?. The topological polar surface area (TPSA) is 101 Å². The van der Waals surface area contributed by atoms with Gasteiger partial charge in [0.2, 0.25) is 0 Å². The molecule has 0 aliphatic rings. The summed E-state index contributed by atoms with van der Waals surface area (Å²) in [7, 11) is 1.25. The molecule has 0 unspecified atom stereocenters. The van der Waals surface area contributed by atoms with Gasteiger partial charge in [-0.05, 0) is 24.3 Å². The molecule has 7 nitrogen and oxygen atoms in total. The highest BCUT2D eigenvalue weighted by atomic mass is 16.5. The van der Waals surface area contributed by atoms with Crippen molar-refractivity contribution in [1.82, 2.24) is 0 Å². The summed E-state index contributed by atoms with van der Waals surface area (Å²) in [6, 6.07) is 9.30. The third-order valence-corrected chi connectivity index (χ3v) is 2.67. The number of azo groups is 1. The molecule has 0 aliphatic carbocycles.